The molecular weight excluding hydrogens is 210 g/mol. The van der Waals surface area contributed by atoms with Gasteiger partial charge in [0.25, 0.3) is 0 Å². The van der Waals surface area contributed by atoms with Gasteiger partial charge in [0.1, 0.15) is 0 Å². The topological polar surface area (TPSA) is 32.5 Å². The van der Waals surface area contributed by atoms with Crippen LogP contribution in [0.2, 0.25) is 0 Å². The fourth-order valence-corrected chi connectivity index (χ4v) is 3.58. The van der Waals surface area contributed by atoms with Gasteiger partial charge in [0, 0.05) is 25.7 Å². The third-order valence-corrected chi connectivity index (χ3v) is 4.70. The summed E-state index contributed by atoms with van der Waals surface area (Å²) in [5.74, 6) is 0.840. The molecule has 0 aromatic rings. The van der Waals surface area contributed by atoms with E-state index in [0.29, 0.717) is 6.04 Å². The summed E-state index contributed by atoms with van der Waals surface area (Å²) < 4.78 is 0. The van der Waals surface area contributed by atoms with E-state index in [2.05, 4.69) is 16.7 Å². The van der Waals surface area contributed by atoms with Crippen molar-refractivity contribution in [3.63, 3.8) is 0 Å². The zero-order valence-corrected chi connectivity index (χ0v) is 11.4. The second kappa shape index (κ2) is 6.72. The average Bonchev–Trinajstić information content (AvgIpc) is 2.88. The molecule has 0 radical (unpaired) electrons. The van der Waals surface area contributed by atoms with Crippen molar-refractivity contribution in [2.24, 2.45) is 11.7 Å². The Kier molecular flexibility index (Phi) is 5.26. The maximum absolute atomic E-state index is 5.99. The summed E-state index contributed by atoms with van der Waals surface area (Å²) in [5, 5.41) is 0. The minimum absolute atomic E-state index is 0.649. The first kappa shape index (κ1) is 13.3. The highest BCUT2D eigenvalue weighted by molar-refractivity contribution is 4.85. The van der Waals surface area contributed by atoms with Gasteiger partial charge in [-0.1, -0.05) is 13.3 Å². The van der Waals surface area contributed by atoms with Crippen LogP contribution < -0.4 is 5.73 Å². The number of rotatable bonds is 5. The Morgan fingerprint density at radius 1 is 1.06 bits per heavy atom. The van der Waals surface area contributed by atoms with Crippen molar-refractivity contribution >= 4 is 0 Å². The maximum Gasteiger partial charge on any atom is 0.0247 e. The Bertz CT molecular complexity index is 214. The van der Waals surface area contributed by atoms with Crippen LogP contribution in [0.25, 0.3) is 0 Å². The summed E-state index contributed by atoms with van der Waals surface area (Å²) in [6.07, 6.45) is 6.85. The van der Waals surface area contributed by atoms with Crippen LogP contribution in [0, 0.1) is 5.92 Å². The van der Waals surface area contributed by atoms with Crippen LogP contribution in [0.5, 0.6) is 0 Å². The zero-order valence-electron chi connectivity index (χ0n) is 11.4. The van der Waals surface area contributed by atoms with Crippen molar-refractivity contribution in [3.05, 3.63) is 0 Å². The molecule has 2 fully saturated rings. The molecule has 17 heavy (non-hydrogen) atoms. The van der Waals surface area contributed by atoms with Gasteiger partial charge in [-0.2, -0.15) is 0 Å². The van der Waals surface area contributed by atoms with Gasteiger partial charge in [-0.25, -0.2) is 0 Å². The van der Waals surface area contributed by atoms with Gasteiger partial charge in [0.15, 0.2) is 0 Å². The number of hydrogen-bond acceptors (Lipinski definition) is 3. The number of hydrogen-bond donors (Lipinski definition) is 1. The van der Waals surface area contributed by atoms with Crippen LogP contribution in [0.15, 0.2) is 0 Å². The molecule has 0 saturated carbocycles. The third-order valence-electron chi connectivity index (χ3n) is 4.70. The molecule has 3 heteroatoms. The van der Waals surface area contributed by atoms with Crippen molar-refractivity contribution in [3.8, 4) is 0 Å². The molecule has 3 nitrogen and oxygen atoms in total. The van der Waals surface area contributed by atoms with E-state index in [-0.39, 0.29) is 0 Å². The van der Waals surface area contributed by atoms with E-state index in [0.717, 1.165) is 12.5 Å². The fourth-order valence-electron chi connectivity index (χ4n) is 3.58. The van der Waals surface area contributed by atoms with Crippen LogP contribution in [0.1, 0.15) is 39.0 Å². The van der Waals surface area contributed by atoms with Gasteiger partial charge >= 0.3 is 0 Å². The predicted octanol–water partition coefficient (Wildman–Crippen LogP) is 1.53. The summed E-state index contributed by atoms with van der Waals surface area (Å²) in [7, 11) is 0. The highest BCUT2D eigenvalue weighted by Gasteiger charge is 2.29. The quantitative estimate of drug-likeness (QED) is 0.790. The number of nitrogens with zero attached hydrogens (tertiary/aromatic N) is 2. The SMILES string of the molecule is CCC1CCCN(CCN2CCCC2)C1CN. The highest BCUT2D eigenvalue weighted by atomic mass is 15.2. The molecule has 0 bridgehead atoms. The Balaban J connectivity index is 1.80. The minimum atomic E-state index is 0.649. The first-order chi connectivity index (χ1) is 8.35. The van der Waals surface area contributed by atoms with E-state index in [4.69, 9.17) is 5.73 Å². The summed E-state index contributed by atoms with van der Waals surface area (Å²) in [6, 6.07) is 0.649. The molecule has 2 atom stereocenters. The lowest BCUT2D eigenvalue weighted by atomic mass is 9.87. The molecule has 0 aliphatic carbocycles. The molecule has 0 aromatic heterocycles. The smallest absolute Gasteiger partial charge is 0.0247 e. The zero-order chi connectivity index (χ0) is 12.1. The normalized spacial score (nSPS) is 32.1. The van der Waals surface area contributed by atoms with Gasteiger partial charge in [0.05, 0.1) is 0 Å². The van der Waals surface area contributed by atoms with E-state index >= 15 is 0 Å². The lowest BCUT2D eigenvalue weighted by Gasteiger charge is -2.41. The maximum atomic E-state index is 5.99. The molecule has 0 amide bonds. The summed E-state index contributed by atoms with van der Waals surface area (Å²) in [5.41, 5.74) is 5.99. The Hall–Kier alpha value is -0.120. The molecule has 2 unspecified atom stereocenters. The Labute approximate surface area is 106 Å². The first-order valence-corrected chi connectivity index (χ1v) is 7.51. The molecule has 2 aliphatic heterocycles. The van der Waals surface area contributed by atoms with E-state index in [1.807, 2.05) is 0 Å². The summed E-state index contributed by atoms with van der Waals surface area (Å²) in [4.78, 5) is 5.28. The molecule has 2 rings (SSSR count). The Morgan fingerprint density at radius 2 is 1.82 bits per heavy atom. The lowest BCUT2D eigenvalue weighted by molar-refractivity contribution is 0.0856. The van der Waals surface area contributed by atoms with Gasteiger partial charge in [-0.3, -0.25) is 4.90 Å². The van der Waals surface area contributed by atoms with Crippen molar-refractivity contribution < 1.29 is 0 Å². The molecule has 2 N–H and O–H groups in total. The summed E-state index contributed by atoms with van der Waals surface area (Å²) in [6.45, 7) is 9.56. The van der Waals surface area contributed by atoms with Crippen molar-refractivity contribution in [1.29, 1.82) is 0 Å². The molecule has 100 valence electrons. The largest absolute Gasteiger partial charge is 0.329 e. The molecule has 2 heterocycles. The highest BCUT2D eigenvalue weighted by Crippen LogP contribution is 2.25. The van der Waals surface area contributed by atoms with Gasteiger partial charge in [0.2, 0.25) is 0 Å². The molecule has 0 spiro atoms. The van der Waals surface area contributed by atoms with E-state index < -0.39 is 0 Å². The lowest BCUT2D eigenvalue weighted by Crippen LogP contribution is -2.51. The van der Waals surface area contributed by atoms with E-state index in [9.17, 15) is 0 Å². The van der Waals surface area contributed by atoms with E-state index in [1.165, 1.54) is 64.8 Å². The van der Waals surface area contributed by atoms with Crippen LogP contribution in [-0.4, -0.2) is 55.1 Å². The average molecular weight is 239 g/mol. The minimum Gasteiger partial charge on any atom is -0.329 e. The number of likely N-dealkylation sites (tertiary alicyclic amines) is 2. The van der Waals surface area contributed by atoms with Crippen molar-refractivity contribution in [1.82, 2.24) is 9.80 Å². The molecule has 0 aromatic carbocycles. The van der Waals surface area contributed by atoms with Crippen LogP contribution in [0.3, 0.4) is 0 Å². The fraction of sp³-hybridized carbons (Fsp3) is 1.00. The summed E-state index contributed by atoms with van der Waals surface area (Å²) >= 11 is 0. The van der Waals surface area contributed by atoms with Crippen LogP contribution in [0.4, 0.5) is 0 Å². The Morgan fingerprint density at radius 3 is 2.47 bits per heavy atom. The van der Waals surface area contributed by atoms with Gasteiger partial charge in [-0.15, -0.1) is 0 Å². The molecule has 2 aliphatic rings. The second-order valence-electron chi connectivity index (χ2n) is 5.70. The first-order valence-electron chi connectivity index (χ1n) is 7.51. The standard InChI is InChI=1S/C14H29N3/c1-2-13-6-5-9-17(14(13)12-15)11-10-16-7-3-4-8-16/h13-14H,2-12,15H2,1H3. The number of nitrogens with two attached hydrogens (primary N) is 1. The molecule has 2 saturated heterocycles. The monoisotopic (exact) mass is 239 g/mol. The predicted molar refractivity (Wildman–Crippen MR) is 73.1 cm³/mol. The van der Waals surface area contributed by atoms with Crippen LogP contribution in [-0.2, 0) is 0 Å². The molecular formula is C14H29N3. The van der Waals surface area contributed by atoms with Crippen LogP contribution >= 0.6 is 0 Å². The third kappa shape index (κ3) is 3.43. The van der Waals surface area contributed by atoms with Gasteiger partial charge < -0.3 is 10.6 Å². The van der Waals surface area contributed by atoms with Crippen molar-refractivity contribution in [2.45, 2.75) is 45.1 Å². The van der Waals surface area contributed by atoms with E-state index in [1.54, 1.807) is 0 Å². The number of piperidine rings is 1. The second-order valence-corrected chi connectivity index (χ2v) is 5.70. The van der Waals surface area contributed by atoms with Gasteiger partial charge in [-0.05, 0) is 51.2 Å². The van der Waals surface area contributed by atoms with Crippen molar-refractivity contribution in [2.75, 3.05) is 39.3 Å².